The summed E-state index contributed by atoms with van der Waals surface area (Å²) in [5.41, 5.74) is 2.87. The molecular weight excluding hydrogens is 382 g/mol. The molecule has 128 valence electrons. The second-order valence-corrected chi connectivity index (χ2v) is 6.66. The topological polar surface area (TPSA) is 64.1 Å². The number of hydrogen-bond donors (Lipinski definition) is 1. The predicted octanol–water partition coefficient (Wildman–Crippen LogP) is 4.78. The van der Waals surface area contributed by atoms with Crippen molar-refractivity contribution in [3.63, 3.8) is 0 Å². The van der Waals surface area contributed by atoms with Gasteiger partial charge in [-0.15, -0.1) is 0 Å². The van der Waals surface area contributed by atoms with Crippen LogP contribution in [-0.4, -0.2) is 23.0 Å². The van der Waals surface area contributed by atoms with Crippen molar-refractivity contribution in [2.24, 2.45) is 0 Å². The number of nitrogens with zero attached hydrogens (tertiary/aromatic N) is 2. The van der Waals surface area contributed by atoms with Crippen LogP contribution < -0.4 is 10.1 Å². The molecule has 3 rings (SSSR count). The predicted molar refractivity (Wildman–Crippen MR) is 102 cm³/mol. The minimum Gasteiger partial charge on any atom is -0.481 e. The van der Waals surface area contributed by atoms with Crippen molar-refractivity contribution < 1.29 is 9.53 Å². The van der Waals surface area contributed by atoms with Gasteiger partial charge in [0.05, 0.1) is 23.9 Å². The highest BCUT2D eigenvalue weighted by molar-refractivity contribution is 9.10. The van der Waals surface area contributed by atoms with Crippen LogP contribution in [0, 0.1) is 0 Å². The van der Waals surface area contributed by atoms with Gasteiger partial charge >= 0.3 is 0 Å². The lowest BCUT2D eigenvalue weighted by atomic mass is 10.0. The Kier molecular flexibility index (Phi) is 4.99. The zero-order valence-electron chi connectivity index (χ0n) is 14.2. The van der Waals surface area contributed by atoms with Crippen molar-refractivity contribution in [2.45, 2.75) is 19.8 Å². The molecular formula is C19H18BrN3O2. The number of hydrogen-bond acceptors (Lipinski definition) is 4. The minimum atomic E-state index is -0.201. The monoisotopic (exact) mass is 399 g/mol. The first kappa shape index (κ1) is 17.4. The van der Waals surface area contributed by atoms with Gasteiger partial charge in [-0.2, -0.15) is 0 Å². The molecule has 0 unspecified atom stereocenters. The van der Waals surface area contributed by atoms with Crippen molar-refractivity contribution in [1.82, 2.24) is 9.97 Å². The van der Waals surface area contributed by atoms with E-state index in [2.05, 4.69) is 45.1 Å². The Morgan fingerprint density at radius 2 is 1.92 bits per heavy atom. The van der Waals surface area contributed by atoms with Crippen LogP contribution in [-0.2, 0) is 0 Å². The largest absolute Gasteiger partial charge is 0.481 e. The molecule has 0 spiro atoms. The molecule has 2 aromatic heterocycles. The first-order valence-electron chi connectivity index (χ1n) is 7.91. The number of halogens is 1. The van der Waals surface area contributed by atoms with Gasteiger partial charge in [0.25, 0.3) is 5.91 Å². The van der Waals surface area contributed by atoms with E-state index in [1.807, 2.05) is 30.3 Å². The van der Waals surface area contributed by atoms with Crippen LogP contribution in [0.25, 0.3) is 10.9 Å². The lowest BCUT2D eigenvalue weighted by molar-refractivity contribution is 0.102. The molecule has 0 aliphatic rings. The van der Waals surface area contributed by atoms with E-state index in [-0.39, 0.29) is 11.8 Å². The van der Waals surface area contributed by atoms with Crippen molar-refractivity contribution in [2.75, 3.05) is 12.4 Å². The van der Waals surface area contributed by atoms with Crippen LogP contribution in [0.5, 0.6) is 5.88 Å². The zero-order chi connectivity index (χ0) is 18.0. The lowest BCUT2D eigenvalue weighted by Crippen LogP contribution is -2.14. The number of rotatable bonds is 4. The Hall–Kier alpha value is -2.47. The smallest absolute Gasteiger partial charge is 0.256 e. The average molecular weight is 400 g/mol. The SMILES string of the molecule is COc1ccc(NC(=O)c2cc(C(C)C)nc3ccccc23)c(Br)n1. The van der Waals surface area contributed by atoms with Crippen molar-refractivity contribution in [1.29, 1.82) is 0 Å². The second kappa shape index (κ2) is 7.19. The summed E-state index contributed by atoms with van der Waals surface area (Å²) in [7, 11) is 1.55. The molecule has 0 fully saturated rings. The second-order valence-electron chi connectivity index (χ2n) is 5.91. The number of para-hydroxylation sites is 1. The van der Waals surface area contributed by atoms with E-state index in [0.29, 0.717) is 21.7 Å². The molecule has 0 saturated heterocycles. The zero-order valence-corrected chi connectivity index (χ0v) is 15.8. The third-order valence-corrected chi connectivity index (χ3v) is 4.46. The fraction of sp³-hybridized carbons (Fsp3) is 0.211. The Morgan fingerprint density at radius 1 is 1.16 bits per heavy atom. The van der Waals surface area contributed by atoms with Crippen molar-refractivity contribution in [3.8, 4) is 5.88 Å². The molecule has 3 aromatic rings. The molecule has 1 N–H and O–H groups in total. The van der Waals surface area contributed by atoms with E-state index in [9.17, 15) is 4.79 Å². The maximum atomic E-state index is 12.9. The highest BCUT2D eigenvalue weighted by atomic mass is 79.9. The molecule has 1 amide bonds. The Labute approximate surface area is 154 Å². The summed E-state index contributed by atoms with van der Waals surface area (Å²) in [5.74, 6) is 0.500. The fourth-order valence-corrected chi connectivity index (χ4v) is 2.90. The lowest BCUT2D eigenvalue weighted by Gasteiger charge is -2.13. The highest BCUT2D eigenvalue weighted by Crippen LogP contribution is 2.26. The van der Waals surface area contributed by atoms with Gasteiger partial charge in [0.1, 0.15) is 4.60 Å². The van der Waals surface area contributed by atoms with E-state index in [4.69, 9.17) is 4.74 Å². The van der Waals surface area contributed by atoms with Gasteiger partial charge in [0.15, 0.2) is 0 Å². The molecule has 0 aliphatic carbocycles. The van der Waals surface area contributed by atoms with Crippen molar-refractivity contribution >= 4 is 38.4 Å². The van der Waals surface area contributed by atoms with E-state index in [1.54, 1.807) is 19.2 Å². The van der Waals surface area contributed by atoms with Crippen LogP contribution in [0.2, 0.25) is 0 Å². The van der Waals surface area contributed by atoms with Gasteiger partial charge in [-0.25, -0.2) is 4.98 Å². The Morgan fingerprint density at radius 3 is 2.60 bits per heavy atom. The quantitative estimate of drug-likeness (QED) is 0.641. The van der Waals surface area contributed by atoms with Crippen LogP contribution in [0.15, 0.2) is 47.1 Å². The highest BCUT2D eigenvalue weighted by Gasteiger charge is 2.16. The number of methoxy groups -OCH3 is 1. The third kappa shape index (κ3) is 3.64. The number of anilines is 1. The average Bonchev–Trinajstić information content (AvgIpc) is 2.62. The van der Waals surface area contributed by atoms with Crippen molar-refractivity contribution in [3.05, 3.63) is 58.3 Å². The van der Waals surface area contributed by atoms with Crippen LogP contribution in [0.1, 0.15) is 35.8 Å². The number of carbonyl (C=O) groups is 1. The standard InChI is InChI=1S/C19H18BrN3O2/c1-11(2)16-10-13(12-6-4-5-7-14(12)21-16)19(24)22-15-8-9-17(25-3)23-18(15)20/h4-11H,1-3H3,(H,22,24). The molecule has 0 aliphatic heterocycles. The number of ether oxygens (including phenoxy) is 1. The Bertz CT molecular complexity index is 941. The molecule has 1 aromatic carbocycles. The van der Waals surface area contributed by atoms with Crippen LogP contribution in [0.4, 0.5) is 5.69 Å². The number of pyridine rings is 2. The fourth-order valence-electron chi connectivity index (χ4n) is 2.49. The summed E-state index contributed by atoms with van der Waals surface area (Å²) in [6, 6.07) is 13.0. The van der Waals surface area contributed by atoms with Crippen LogP contribution in [0.3, 0.4) is 0 Å². The van der Waals surface area contributed by atoms with E-state index in [0.717, 1.165) is 16.6 Å². The maximum Gasteiger partial charge on any atom is 0.256 e. The Balaban J connectivity index is 2.02. The number of benzene rings is 1. The number of fused-ring (bicyclic) bond motifs is 1. The van der Waals surface area contributed by atoms with Crippen LogP contribution >= 0.6 is 15.9 Å². The molecule has 0 bridgehead atoms. The normalized spacial score (nSPS) is 10.9. The maximum absolute atomic E-state index is 12.9. The molecule has 6 heteroatoms. The molecule has 2 heterocycles. The van der Waals surface area contributed by atoms with Gasteiger partial charge in [-0.05, 0) is 40.0 Å². The molecule has 0 atom stereocenters. The molecule has 0 saturated carbocycles. The van der Waals surface area contributed by atoms with Gasteiger partial charge in [0, 0.05) is 17.1 Å². The summed E-state index contributed by atoms with van der Waals surface area (Å²) >= 11 is 3.36. The molecule has 5 nitrogen and oxygen atoms in total. The summed E-state index contributed by atoms with van der Waals surface area (Å²) in [5, 5.41) is 3.73. The molecule has 25 heavy (non-hydrogen) atoms. The number of carbonyl (C=O) groups excluding carboxylic acids is 1. The first-order chi connectivity index (χ1) is 12.0. The minimum absolute atomic E-state index is 0.201. The molecule has 0 radical (unpaired) electrons. The number of amides is 1. The van der Waals surface area contributed by atoms with E-state index in [1.165, 1.54) is 0 Å². The first-order valence-corrected chi connectivity index (χ1v) is 8.70. The summed E-state index contributed by atoms with van der Waals surface area (Å²) in [6.07, 6.45) is 0. The summed E-state index contributed by atoms with van der Waals surface area (Å²) in [6.45, 7) is 4.12. The number of aromatic nitrogens is 2. The van der Waals surface area contributed by atoms with E-state index < -0.39 is 0 Å². The summed E-state index contributed by atoms with van der Waals surface area (Å²) in [4.78, 5) is 21.8. The van der Waals surface area contributed by atoms with Gasteiger partial charge < -0.3 is 10.1 Å². The van der Waals surface area contributed by atoms with Gasteiger partial charge in [-0.1, -0.05) is 32.0 Å². The van der Waals surface area contributed by atoms with Gasteiger partial charge in [-0.3, -0.25) is 9.78 Å². The number of nitrogens with one attached hydrogen (secondary N) is 1. The van der Waals surface area contributed by atoms with E-state index >= 15 is 0 Å². The summed E-state index contributed by atoms with van der Waals surface area (Å²) < 4.78 is 5.59. The third-order valence-electron chi connectivity index (χ3n) is 3.85. The van der Waals surface area contributed by atoms with Gasteiger partial charge in [0.2, 0.25) is 5.88 Å².